The number of nitrogens with zero attached hydrogens (tertiary/aromatic N) is 2. The second kappa shape index (κ2) is 8.08. The first kappa shape index (κ1) is 20.6. The minimum atomic E-state index is -3.36. The van der Waals surface area contributed by atoms with Crippen molar-refractivity contribution in [2.75, 3.05) is 16.3 Å². The minimum absolute atomic E-state index is 0.0956. The first-order valence-corrected chi connectivity index (χ1v) is 11.9. The minimum Gasteiger partial charge on any atom is -0.301 e. The van der Waals surface area contributed by atoms with Crippen molar-refractivity contribution in [3.05, 3.63) is 51.4 Å². The molecule has 0 bridgehead atoms. The van der Waals surface area contributed by atoms with E-state index in [4.69, 9.17) is 0 Å². The van der Waals surface area contributed by atoms with Gasteiger partial charge in [-0.25, -0.2) is 13.4 Å². The van der Waals surface area contributed by atoms with Crippen molar-refractivity contribution >= 4 is 33.3 Å². The highest BCUT2D eigenvalue weighted by Crippen LogP contribution is 2.35. The molecular formula is C19H23N3O4S2. The number of benzene rings is 1. The van der Waals surface area contributed by atoms with E-state index in [9.17, 15) is 18.0 Å². The number of hydrogen-bond donors (Lipinski definition) is 1. The molecular weight excluding hydrogens is 398 g/mol. The zero-order valence-electron chi connectivity index (χ0n) is 16.1. The van der Waals surface area contributed by atoms with Crippen LogP contribution < -0.4 is 9.86 Å². The van der Waals surface area contributed by atoms with Crippen LogP contribution in [0.1, 0.15) is 41.9 Å². The Morgan fingerprint density at radius 2 is 2.11 bits per heavy atom. The van der Waals surface area contributed by atoms with Crippen LogP contribution in [-0.2, 0) is 22.9 Å². The van der Waals surface area contributed by atoms with Crippen molar-refractivity contribution in [3.63, 3.8) is 0 Å². The molecule has 9 heteroatoms. The quantitative estimate of drug-likeness (QED) is 0.419. The van der Waals surface area contributed by atoms with Gasteiger partial charge >= 0.3 is 0 Å². The van der Waals surface area contributed by atoms with Gasteiger partial charge in [-0.2, -0.15) is 0 Å². The van der Waals surface area contributed by atoms with Crippen LogP contribution in [0.15, 0.2) is 34.2 Å². The molecule has 0 saturated heterocycles. The third-order valence-electron chi connectivity index (χ3n) is 4.53. The number of fused-ring (bicyclic) bond motifs is 1. The van der Waals surface area contributed by atoms with Crippen LogP contribution in [0.2, 0.25) is 0 Å². The van der Waals surface area contributed by atoms with Crippen LogP contribution in [0, 0.1) is 0 Å². The number of sulfonamides is 1. The normalized spacial score (nSPS) is 16.2. The summed E-state index contributed by atoms with van der Waals surface area (Å²) in [6, 6.07) is 6.43. The molecule has 1 aromatic carbocycles. The van der Waals surface area contributed by atoms with E-state index in [1.165, 1.54) is 28.4 Å². The van der Waals surface area contributed by atoms with Gasteiger partial charge in [0.1, 0.15) is 0 Å². The molecule has 28 heavy (non-hydrogen) atoms. The van der Waals surface area contributed by atoms with E-state index < -0.39 is 10.0 Å². The summed E-state index contributed by atoms with van der Waals surface area (Å²) >= 11 is 1.19. The van der Waals surface area contributed by atoms with Gasteiger partial charge in [0.25, 0.3) is 5.56 Å². The van der Waals surface area contributed by atoms with Crippen molar-refractivity contribution in [3.8, 4) is 0 Å². The smallest absolute Gasteiger partial charge is 0.251 e. The summed E-state index contributed by atoms with van der Waals surface area (Å²) in [5, 5.41) is 0.433. The van der Waals surface area contributed by atoms with E-state index >= 15 is 0 Å². The van der Waals surface area contributed by atoms with Crippen LogP contribution in [0.25, 0.3) is 0 Å². The molecule has 2 heterocycles. The monoisotopic (exact) mass is 421 g/mol. The standard InChI is InChI=1S/C19H23N3O4S2/c1-4-5-15-10-18(24)21-19(20-15)27-11-17(23)13-6-7-16-14(9-13)8-12(2)22(16)28(3,25)26/h6-7,9-10,12H,4-5,8,11H2,1-3H3,(H,20,21,24)/t12-/m1/s1. The Morgan fingerprint density at radius 3 is 2.79 bits per heavy atom. The highest BCUT2D eigenvalue weighted by molar-refractivity contribution is 7.99. The summed E-state index contributed by atoms with van der Waals surface area (Å²) < 4.78 is 25.4. The lowest BCUT2D eigenvalue weighted by Crippen LogP contribution is -2.34. The zero-order chi connectivity index (χ0) is 20.5. The summed E-state index contributed by atoms with van der Waals surface area (Å²) in [5.41, 5.74) is 2.51. The average Bonchev–Trinajstić information content (AvgIpc) is 2.94. The lowest BCUT2D eigenvalue weighted by molar-refractivity contribution is 0.102. The summed E-state index contributed by atoms with van der Waals surface area (Å²) in [5.74, 6) is 0.0460. The fourth-order valence-electron chi connectivity index (χ4n) is 3.43. The topological polar surface area (TPSA) is 100 Å². The molecule has 2 aromatic rings. The molecule has 0 amide bonds. The molecule has 7 nitrogen and oxygen atoms in total. The Morgan fingerprint density at radius 1 is 1.36 bits per heavy atom. The van der Waals surface area contributed by atoms with Crippen LogP contribution >= 0.6 is 11.8 Å². The molecule has 0 radical (unpaired) electrons. The zero-order valence-corrected chi connectivity index (χ0v) is 17.7. The Balaban J connectivity index is 1.75. The van der Waals surface area contributed by atoms with E-state index in [1.807, 2.05) is 13.8 Å². The molecule has 0 spiro atoms. The third-order valence-corrected chi connectivity index (χ3v) is 6.68. The fraction of sp³-hybridized carbons (Fsp3) is 0.421. The molecule has 0 aliphatic carbocycles. The van der Waals surface area contributed by atoms with Gasteiger partial charge in [-0.1, -0.05) is 25.1 Å². The summed E-state index contributed by atoms with van der Waals surface area (Å²) in [4.78, 5) is 31.4. The summed E-state index contributed by atoms with van der Waals surface area (Å²) in [6.07, 6.45) is 3.36. The van der Waals surface area contributed by atoms with Crippen molar-refractivity contribution in [2.24, 2.45) is 0 Å². The van der Waals surface area contributed by atoms with Crippen LogP contribution in [0.3, 0.4) is 0 Å². The number of aromatic nitrogens is 2. The molecule has 1 atom stereocenters. The van der Waals surface area contributed by atoms with E-state index in [2.05, 4.69) is 9.97 Å². The summed E-state index contributed by atoms with van der Waals surface area (Å²) in [6.45, 7) is 3.86. The molecule has 1 N–H and O–H groups in total. The third kappa shape index (κ3) is 4.47. The van der Waals surface area contributed by atoms with Gasteiger partial charge < -0.3 is 4.98 Å². The maximum Gasteiger partial charge on any atom is 0.251 e. The number of Topliss-reactive ketones (excluding diaryl/α,β-unsaturated/α-hetero) is 1. The molecule has 150 valence electrons. The number of anilines is 1. The average molecular weight is 422 g/mol. The van der Waals surface area contributed by atoms with Gasteiger partial charge in [0, 0.05) is 23.4 Å². The van der Waals surface area contributed by atoms with Gasteiger partial charge in [-0.3, -0.25) is 13.9 Å². The van der Waals surface area contributed by atoms with E-state index in [0.717, 1.165) is 12.0 Å². The van der Waals surface area contributed by atoms with E-state index in [-0.39, 0.29) is 23.1 Å². The number of thioether (sulfide) groups is 1. The van der Waals surface area contributed by atoms with E-state index in [0.29, 0.717) is 34.9 Å². The van der Waals surface area contributed by atoms with Crippen molar-refractivity contribution in [2.45, 2.75) is 44.3 Å². The van der Waals surface area contributed by atoms with Crippen molar-refractivity contribution < 1.29 is 13.2 Å². The molecule has 1 aliphatic heterocycles. The van der Waals surface area contributed by atoms with Crippen molar-refractivity contribution in [1.82, 2.24) is 9.97 Å². The number of ketones is 1. The molecule has 1 aliphatic rings. The largest absolute Gasteiger partial charge is 0.301 e. The lowest BCUT2D eigenvalue weighted by Gasteiger charge is -2.21. The van der Waals surface area contributed by atoms with Gasteiger partial charge in [-0.15, -0.1) is 0 Å². The SMILES string of the molecule is CCCc1cc(=O)[nH]c(SCC(=O)c2ccc3c(c2)C[C@@H](C)N3S(C)(=O)=O)n1. The Hall–Kier alpha value is -2.13. The molecule has 0 unspecified atom stereocenters. The number of rotatable bonds is 7. The number of hydrogen-bond acceptors (Lipinski definition) is 6. The van der Waals surface area contributed by atoms with Crippen LogP contribution in [-0.4, -0.2) is 42.2 Å². The van der Waals surface area contributed by atoms with Gasteiger partial charge in [0.05, 0.1) is 17.7 Å². The fourth-order valence-corrected chi connectivity index (χ4v) is 5.49. The Kier molecular flexibility index (Phi) is 5.95. The number of carbonyl (C=O) groups is 1. The number of carbonyl (C=O) groups excluding carboxylic acids is 1. The maximum atomic E-state index is 12.6. The number of nitrogens with one attached hydrogen (secondary N) is 1. The number of aryl methyl sites for hydroxylation is 1. The number of H-pyrrole nitrogens is 1. The molecule has 3 rings (SSSR count). The molecule has 0 fully saturated rings. The second-order valence-electron chi connectivity index (χ2n) is 6.96. The first-order chi connectivity index (χ1) is 13.2. The predicted molar refractivity (Wildman–Crippen MR) is 111 cm³/mol. The van der Waals surface area contributed by atoms with Crippen LogP contribution in [0.5, 0.6) is 0 Å². The Bertz CT molecular complexity index is 1060. The Labute approximate surface area is 168 Å². The first-order valence-electron chi connectivity index (χ1n) is 9.07. The van der Waals surface area contributed by atoms with Gasteiger partial charge in [0.15, 0.2) is 10.9 Å². The maximum absolute atomic E-state index is 12.6. The van der Waals surface area contributed by atoms with Gasteiger partial charge in [-0.05, 0) is 43.5 Å². The highest BCUT2D eigenvalue weighted by Gasteiger charge is 2.32. The molecule has 1 aromatic heterocycles. The van der Waals surface area contributed by atoms with Crippen molar-refractivity contribution in [1.29, 1.82) is 0 Å². The van der Waals surface area contributed by atoms with Crippen LogP contribution in [0.4, 0.5) is 5.69 Å². The number of aromatic amines is 1. The molecule has 0 saturated carbocycles. The van der Waals surface area contributed by atoms with Gasteiger partial charge in [0.2, 0.25) is 10.0 Å². The predicted octanol–water partition coefficient (Wildman–Crippen LogP) is 2.41. The second-order valence-corrected chi connectivity index (χ2v) is 9.78. The lowest BCUT2D eigenvalue weighted by atomic mass is 10.0. The highest BCUT2D eigenvalue weighted by atomic mass is 32.2. The summed E-state index contributed by atoms with van der Waals surface area (Å²) in [7, 11) is -3.36. The van der Waals surface area contributed by atoms with E-state index in [1.54, 1.807) is 18.2 Å².